The number of allylic oxidation sites excluding steroid dienone is 3. The number of fused-ring (bicyclic) bond motifs is 2. The molecule has 1 fully saturated rings. The lowest BCUT2D eigenvalue weighted by molar-refractivity contribution is 0.0952. The summed E-state index contributed by atoms with van der Waals surface area (Å²) in [5.41, 5.74) is 10.7. The van der Waals surface area contributed by atoms with Crippen LogP contribution in [0, 0.1) is 0 Å². The van der Waals surface area contributed by atoms with Crippen LogP contribution in [-0.4, -0.2) is 55.1 Å². The number of para-hydroxylation sites is 1. The van der Waals surface area contributed by atoms with Crippen molar-refractivity contribution in [1.82, 2.24) is 30.0 Å². The van der Waals surface area contributed by atoms with Gasteiger partial charge in [-0.15, -0.1) is 6.58 Å². The van der Waals surface area contributed by atoms with Gasteiger partial charge in [-0.1, -0.05) is 60.7 Å². The summed E-state index contributed by atoms with van der Waals surface area (Å²) in [6.45, 7) is 7.82. The quantitative estimate of drug-likeness (QED) is 0.140. The number of aliphatic imine (C=N–C) groups is 1. The van der Waals surface area contributed by atoms with E-state index in [1.165, 1.54) is 6.33 Å². The lowest BCUT2D eigenvalue weighted by Crippen LogP contribution is -2.23. The Morgan fingerprint density at radius 1 is 1.11 bits per heavy atom. The Labute approximate surface area is 269 Å². The number of aliphatic hydroxyl groups is 1. The number of anilines is 1. The SMILES string of the molecule is C=CC/C=C\C.CC=NC.Nc1ncnc2c1c(-c1ccc(CNC(=O)c3cccc4cccnc34)cc1)nn2C1CCC(O)C1. The highest BCUT2D eigenvalue weighted by Gasteiger charge is 2.28. The van der Waals surface area contributed by atoms with Crippen molar-refractivity contribution in [3.05, 3.63) is 103 Å². The van der Waals surface area contributed by atoms with Crippen molar-refractivity contribution in [2.75, 3.05) is 12.8 Å². The standard InChI is InChI=1S/C27H25N7O2.C6H10.C3H7N/c28-25-22-24(33-34(26(22)32-15-31-25)19-10-11-20(35)13-19)18-8-6-16(7-9-18)14-30-27(36)21-5-1-3-17-4-2-12-29-23(17)21;1-3-5-6-4-2;1-3-4-2/h1-9,12,15,19-20,35H,10-11,13-14H2,(H,30,36)(H2,28,31,32);3-4,6H,1,5H2,2H3;3H,1-2H3/b;6-4-;. The van der Waals surface area contributed by atoms with Crippen molar-refractivity contribution in [3.63, 3.8) is 0 Å². The number of nitrogens with two attached hydrogens (primary N) is 1. The van der Waals surface area contributed by atoms with Crippen molar-refractivity contribution in [1.29, 1.82) is 0 Å². The average molecular weight is 619 g/mol. The number of aliphatic hydroxyl groups excluding tert-OH is 1. The number of carbonyl (C=O) groups excluding carboxylic acids is 1. The molecule has 2 atom stereocenters. The molecule has 0 aliphatic heterocycles. The lowest BCUT2D eigenvalue weighted by atomic mass is 10.1. The van der Waals surface area contributed by atoms with Gasteiger partial charge in [0.15, 0.2) is 5.65 Å². The van der Waals surface area contributed by atoms with Gasteiger partial charge in [0.2, 0.25) is 0 Å². The molecule has 2 aromatic carbocycles. The Balaban J connectivity index is 0.000000421. The third kappa shape index (κ3) is 8.28. The molecule has 5 aromatic rings. The minimum absolute atomic E-state index is 0.0728. The number of pyridine rings is 1. The van der Waals surface area contributed by atoms with Gasteiger partial charge in [-0.25, -0.2) is 14.6 Å². The molecule has 238 valence electrons. The number of nitrogens with zero attached hydrogens (tertiary/aromatic N) is 6. The molecule has 4 N–H and O–H groups in total. The topological polar surface area (TPSA) is 144 Å². The molecular weight excluding hydrogens is 576 g/mol. The van der Waals surface area contributed by atoms with Crippen molar-refractivity contribution < 1.29 is 9.90 Å². The first-order chi connectivity index (χ1) is 22.4. The number of carbonyl (C=O) groups is 1. The minimum atomic E-state index is -0.323. The lowest BCUT2D eigenvalue weighted by Gasteiger charge is -2.10. The normalized spacial score (nSPS) is 15.8. The minimum Gasteiger partial charge on any atom is -0.393 e. The van der Waals surface area contributed by atoms with Crippen molar-refractivity contribution in [2.45, 2.75) is 58.2 Å². The molecule has 0 bridgehead atoms. The number of nitrogen functional groups attached to an aromatic ring is 1. The second-order valence-electron chi connectivity index (χ2n) is 10.7. The summed E-state index contributed by atoms with van der Waals surface area (Å²) in [5, 5.41) is 19.5. The van der Waals surface area contributed by atoms with Crippen molar-refractivity contribution in [3.8, 4) is 11.3 Å². The summed E-state index contributed by atoms with van der Waals surface area (Å²) in [6.07, 6.45) is 13.7. The molecule has 1 aliphatic carbocycles. The molecule has 0 spiro atoms. The molecule has 2 unspecified atom stereocenters. The molecule has 3 heterocycles. The maximum Gasteiger partial charge on any atom is 0.253 e. The van der Waals surface area contributed by atoms with E-state index < -0.39 is 0 Å². The highest BCUT2D eigenvalue weighted by molar-refractivity contribution is 6.05. The Morgan fingerprint density at radius 3 is 2.52 bits per heavy atom. The summed E-state index contributed by atoms with van der Waals surface area (Å²) in [7, 11) is 1.75. The van der Waals surface area contributed by atoms with E-state index in [4.69, 9.17) is 10.8 Å². The summed E-state index contributed by atoms with van der Waals surface area (Å²) in [4.78, 5) is 29.4. The third-order valence-corrected chi connectivity index (χ3v) is 7.60. The average Bonchev–Trinajstić information content (AvgIpc) is 3.71. The van der Waals surface area contributed by atoms with Gasteiger partial charge in [0, 0.05) is 30.7 Å². The van der Waals surface area contributed by atoms with Gasteiger partial charge in [0.25, 0.3) is 5.91 Å². The smallest absolute Gasteiger partial charge is 0.253 e. The number of benzene rings is 2. The number of nitrogens with one attached hydrogen (secondary N) is 1. The van der Waals surface area contributed by atoms with Crippen molar-refractivity contribution >= 4 is 39.9 Å². The van der Waals surface area contributed by atoms with Crippen LogP contribution in [0.5, 0.6) is 0 Å². The third-order valence-electron chi connectivity index (χ3n) is 7.60. The Bertz CT molecular complexity index is 1800. The molecule has 10 heteroatoms. The van der Waals surface area contributed by atoms with E-state index in [0.29, 0.717) is 46.6 Å². The molecule has 1 aliphatic rings. The second-order valence-corrected chi connectivity index (χ2v) is 10.7. The van der Waals surface area contributed by atoms with Gasteiger partial charge in [0.1, 0.15) is 17.8 Å². The van der Waals surface area contributed by atoms with E-state index in [-0.39, 0.29) is 18.1 Å². The predicted octanol–water partition coefficient (Wildman–Crippen LogP) is 6.49. The number of hydrogen-bond donors (Lipinski definition) is 3. The summed E-state index contributed by atoms with van der Waals surface area (Å²) >= 11 is 0. The fourth-order valence-corrected chi connectivity index (χ4v) is 5.19. The van der Waals surface area contributed by atoms with Crippen LogP contribution in [0.2, 0.25) is 0 Å². The van der Waals surface area contributed by atoms with Crippen LogP contribution in [0.4, 0.5) is 5.82 Å². The number of aromatic nitrogens is 5. The van der Waals surface area contributed by atoms with Gasteiger partial charge < -0.3 is 21.1 Å². The molecule has 1 saturated carbocycles. The van der Waals surface area contributed by atoms with Crippen LogP contribution in [0.15, 0.2) is 96.9 Å². The van der Waals surface area contributed by atoms with Gasteiger partial charge in [-0.3, -0.25) is 9.78 Å². The first-order valence-electron chi connectivity index (χ1n) is 15.4. The number of amides is 1. The molecule has 1 amide bonds. The van der Waals surface area contributed by atoms with E-state index in [1.54, 1.807) is 25.5 Å². The largest absolute Gasteiger partial charge is 0.393 e. The zero-order valence-corrected chi connectivity index (χ0v) is 26.7. The number of rotatable bonds is 7. The summed E-state index contributed by atoms with van der Waals surface area (Å²) in [6, 6.07) is 17.3. The maximum absolute atomic E-state index is 12.8. The van der Waals surface area contributed by atoms with E-state index in [0.717, 1.165) is 35.8 Å². The van der Waals surface area contributed by atoms with Crippen molar-refractivity contribution in [2.24, 2.45) is 4.99 Å². The molecule has 46 heavy (non-hydrogen) atoms. The Morgan fingerprint density at radius 2 is 1.87 bits per heavy atom. The van der Waals surface area contributed by atoms with E-state index in [2.05, 4.69) is 37.9 Å². The van der Waals surface area contributed by atoms with Crippen LogP contribution in [-0.2, 0) is 6.54 Å². The van der Waals surface area contributed by atoms with E-state index >= 15 is 0 Å². The summed E-state index contributed by atoms with van der Waals surface area (Å²) < 4.78 is 1.88. The van der Waals surface area contributed by atoms with E-state index in [1.807, 2.05) is 79.2 Å². The fraction of sp³-hybridized carbons (Fsp3) is 0.278. The Hall–Kier alpha value is -5.22. The van der Waals surface area contributed by atoms with Gasteiger partial charge in [-0.2, -0.15) is 5.10 Å². The molecule has 10 nitrogen and oxygen atoms in total. The predicted molar refractivity (Wildman–Crippen MR) is 187 cm³/mol. The van der Waals surface area contributed by atoms with Crippen LogP contribution in [0.1, 0.15) is 61.5 Å². The number of hydrogen-bond acceptors (Lipinski definition) is 8. The van der Waals surface area contributed by atoms with E-state index in [9.17, 15) is 9.90 Å². The molecule has 0 radical (unpaired) electrons. The zero-order valence-electron chi connectivity index (χ0n) is 26.7. The molecule has 6 rings (SSSR count). The zero-order chi connectivity index (χ0) is 32.9. The Kier molecular flexibility index (Phi) is 12.3. The van der Waals surface area contributed by atoms with Crippen LogP contribution in [0.25, 0.3) is 33.2 Å². The first kappa shape index (κ1) is 33.7. The van der Waals surface area contributed by atoms with Gasteiger partial charge in [-0.05, 0) is 63.4 Å². The van der Waals surface area contributed by atoms with Gasteiger partial charge >= 0.3 is 0 Å². The van der Waals surface area contributed by atoms with Crippen LogP contribution >= 0.6 is 0 Å². The first-order valence-corrected chi connectivity index (χ1v) is 15.4. The van der Waals surface area contributed by atoms with Gasteiger partial charge in [0.05, 0.1) is 28.6 Å². The molecule has 0 saturated heterocycles. The summed E-state index contributed by atoms with van der Waals surface area (Å²) in [5.74, 6) is 0.205. The molecular formula is C36H42N8O2. The fourth-order valence-electron chi connectivity index (χ4n) is 5.19. The molecule has 3 aromatic heterocycles. The monoisotopic (exact) mass is 618 g/mol. The van der Waals surface area contributed by atoms with Crippen LogP contribution < -0.4 is 11.1 Å². The second kappa shape index (κ2) is 16.7. The highest BCUT2D eigenvalue weighted by Crippen LogP contribution is 2.36. The van der Waals surface area contributed by atoms with Crippen LogP contribution in [0.3, 0.4) is 0 Å². The highest BCUT2D eigenvalue weighted by atomic mass is 16.3. The maximum atomic E-state index is 12.8.